The van der Waals surface area contributed by atoms with E-state index in [0.29, 0.717) is 12.8 Å². The summed E-state index contributed by atoms with van der Waals surface area (Å²) in [7, 11) is 0. The molecule has 370 valence electrons. The third-order valence-electron chi connectivity index (χ3n) is 10.4. The van der Waals surface area contributed by atoms with Crippen molar-refractivity contribution in [2.45, 2.75) is 213 Å². The zero-order valence-corrected chi connectivity index (χ0v) is 42.1. The lowest BCUT2D eigenvalue weighted by atomic mass is 10.1. The molecule has 0 bridgehead atoms. The molecule has 0 N–H and O–H groups in total. The van der Waals surface area contributed by atoms with Crippen LogP contribution in [0.25, 0.3) is 0 Å². The number of ether oxygens (including phenoxy) is 3. The molecule has 0 aromatic carbocycles. The van der Waals surface area contributed by atoms with Crippen LogP contribution in [-0.2, 0) is 28.6 Å². The molecule has 66 heavy (non-hydrogen) atoms. The van der Waals surface area contributed by atoms with Crippen molar-refractivity contribution >= 4 is 17.9 Å². The number of carbonyl (C=O) groups excluding carboxylic acids is 3. The molecule has 6 heteroatoms. The van der Waals surface area contributed by atoms with Gasteiger partial charge in [0.1, 0.15) is 13.2 Å². The number of allylic oxidation sites excluding steroid dienone is 22. The summed E-state index contributed by atoms with van der Waals surface area (Å²) < 4.78 is 16.7. The van der Waals surface area contributed by atoms with Crippen LogP contribution in [0.5, 0.6) is 0 Å². The molecule has 0 fully saturated rings. The van der Waals surface area contributed by atoms with Gasteiger partial charge in [0.25, 0.3) is 0 Å². The number of hydrogen-bond donors (Lipinski definition) is 0. The van der Waals surface area contributed by atoms with Gasteiger partial charge in [-0.25, -0.2) is 0 Å². The number of unbranched alkanes of at least 4 members (excludes halogenated alkanes) is 12. The SMILES string of the molecule is CC/C=C\C/C=C\C/C=C\C/C=C\C/C=C\C/C=C\CCC(=O)OCC(COC(=O)CCCCCCC/C=C\CCC)OC(=O)CCCCCCCC/C=C\C/C=C\C/C=C\C/C=C\CC. The molecule has 0 aliphatic carbocycles. The Hall–Kier alpha value is -4.45. The molecule has 0 saturated carbocycles. The molecule has 1 unspecified atom stereocenters. The van der Waals surface area contributed by atoms with Crippen molar-refractivity contribution in [3.63, 3.8) is 0 Å². The van der Waals surface area contributed by atoms with Gasteiger partial charge in [-0.3, -0.25) is 14.4 Å². The van der Waals surface area contributed by atoms with Crippen LogP contribution in [0.1, 0.15) is 207 Å². The summed E-state index contributed by atoms with van der Waals surface area (Å²) in [6.45, 7) is 6.24. The fraction of sp³-hybridized carbons (Fsp3) is 0.583. The molecule has 0 aliphatic heterocycles. The normalized spacial score (nSPS) is 13.2. The third-order valence-corrected chi connectivity index (χ3v) is 10.4. The second kappa shape index (κ2) is 53.2. The van der Waals surface area contributed by atoms with E-state index in [4.69, 9.17) is 14.2 Å². The van der Waals surface area contributed by atoms with Crippen molar-refractivity contribution < 1.29 is 28.6 Å². The molecule has 6 nitrogen and oxygen atoms in total. The van der Waals surface area contributed by atoms with E-state index in [1.165, 1.54) is 25.7 Å². The second-order valence-electron chi connectivity index (χ2n) is 16.7. The van der Waals surface area contributed by atoms with Gasteiger partial charge in [0.05, 0.1) is 0 Å². The quantitative estimate of drug-likeness (QED) is 0.0262. The Kier molecular flexibility index (Phi) is 49.6. The summed E-state index contributed by atoms with van der Waals surface area (Å²) >= 11 is 0. The minimum atomic E-state index is -0.824. The van der Waals surface area contributed by atoms with Crippen molar-refractivity contribution in [3.05, 3.63) is 134 Å². The van der Waals surface area contributed by atoms with Crippen LogP contribution in [0.15, 0.2) is 134 Å². The van der Waals surface area contributed by atoms with Gasteiger partial charge in [-0.1, -0.05) is 206 Å². The Morgan fingerprint density at radius 3 is 1.03 bits per heavy atom. The maximum Gasteiger partial charge on any atom is 0.306 e. The lowest BCUT2D eigenvalue weighted by Gasteiger charge is -2.18. The summed E-state index contributed by atoms with van der Waals surface area (Å²) in [4.78, 5) is 37.9. The highest BCUT2D eigenvalue weighted by molar-refractivity contribution is 5.71. The minimum absolute atomic E-state index is 0.117. The third kappa shape index (κ3) is 50.5. The fourth-order valence-corrected chi connectivity index (χ4v) is 6.52. The molecule has 0 heterocycles. The van der Waals surface area contributed by atoms with E-state index in [0.717, 1.165) is 135 Å². The first kappa shape index (κ1) is 61.5. The average Bonchev–Trinajstić information content (AvgIpc) is 3.31. The van der Waals surface area contributed by atoms with E-state index < -0.39 is 6.10 Å². The zero-order valence-electron chi connectivity index (χ0n) is 42.1. The number of esters is 3. The Balaban J connectivity index is 4.52. The fourth-order valence-electron chi connectivity index (χ4n) is 6.52. The van der Waals surface area contributed by atoms with Crippen molar-refractivity contribution in [2.24, 2.45) is 0 Å². The van der Waals surface area contributed by atoms with E-state index in [9.17, 15) is 14.4 Å². The van der Waals surface area contributed by atoms with Gasteiger partial charge in [-0.05, 0) is 116 Å². The van der Waals surface area contributed by atoms with Crippen LogP contribution < -0.4 is 0 Å². The highest BCUT2D eigenvalue weighted by Crippen LogP contribution is 2.12. The van der Waals surface area contributed by atoms with Gasteiger partial charge in [-0.15, -0.1) is 0 Å². The van der Waals surface area contributed by atoms with Gasteiger partial charge >= 0.3 is 17.9 Å². The number of hydrogen-bond acceptors (Lipinski definition) is 6. The maximum absolute atomic E-state index is 12.8. The topological polar surface area (TPSA) is 78.9 Å². The number of rotatable bonds is 45. The monoisotopic (exact) mass is 911 g/mol. The summed E-state index contributed by atoms with van der Waals surface area (Å²) in [6.07, 6.45) is 74.5. The Morgan fingerprint density at radius 1 is 0.318 bits per heavy atom. The highest BCUT2D eigenvalue weighted by Gasteiger charge is 2.19. The Labute approximate surface area is 405 Å². The average molecular weight is 911 g/mol. The van der Waals surface area contributed by atoms with Gasteiger partial charge in [0.2, 0.25) is 0 Å². The summed E-state index contributed by atoms with van der Waals surface area (Å²) in [6, 6.07) is 0. The first-order chi connectivity index (χ1) is 32.5. The van der Waals surface area contributed by atoms with Gasteiger partial charge in [0, 0.05) is 19.3 Å². The highest BCUT2D eigenvalue weighted by atomic mass is 16.6. The summed E-state index contributed by atoms with van der Waals surface area (Å²) in [5, 5.41) is 0. The van der Waals surface area contributed by atoms with Gasteiger partial charge in [-0.2, -0.15) is 0 Å². The standard InChI is InChI=1S/C60H94O6/c1-4-7-10-13-16-19-22-24-26-28-30-32-34-36-38-41-44-47-50-53-59(62)65-56-57(55-64-58(61)52-49-46-43-40-21-18-15-12-9-6-3)66-60(63)54-51-48-45-42-39-37-35-33-31-29-27-25-23-20-17-14-11-8-5-2/h7-8,10-12,15-17,19-20,24-27,30-33,36,38,44,47,57H,4-6,9,13-14,18,21-23,28-29,34-35,37,39-43,45-46,48-56H2,1-3H3/b10-7-,11-8-,15-12-,19-16-,20-17-,26-24-,27-25-,32-30-,33-31-,38-36-,47-44-. The van der Waals surface area contributed by atoms with Crippen molar-refractivity contribution in [1.29, 1.82) is 0 Å². The molecule has 0 radical (unpaired) electrons. The van der Waals surface area contributed by atoms with E-state index in [1.54, 1.807) is 0 Å². The first-order valence-corrected chi connectivity index (χ1v) is 26.2. The second-order valence-corrected chi connectivity index (χ2v) is 16.7. The predicted octanol–water partition coefficient (Wildman–Crippen LogP) is 17.5. The molecular weight excluding hydrogens is 817 g/mol. The van der Waals surface area contributed by atoms with E-state index >= 15 is 0 Å². The van der Waals surface area contributed by atoms with Crippen LogP contribution in [0.2, 0.25) is 0 Å². The zero-order chi connectivity index (χ0) is 47.9. The molecule has 0 aliphatic rings. The molecule has 0 aromatic rings. The lowest BCUT2D eigenvalue weighted by Crippen LogP contribution is -2.30. The maximum atomic E-state index is 12.8. The van der Waals surface area contributed by atoms with E-state index in [1.807, 2.05) is 12.2 Å². The summed E-state index contributed by atoms with van der Waals surface area (Å²) in [5.41, 5.74) is 0. The lowest BCUT2D eigenvalue weighted by molar-refractivity contribution is -0.166. The van der Waals surface area contributed by atoms with Crippen LogP contribution in [0.4, 0.5) is 0 Å². The molecule has 1 atom stereocenters. The Morgan fingerprint density at radius 2 is 0.621 bits per heavy atom. The van der Waals surface area contributed by atoms with Crippen LogP contribution in [0, 0.1) is 0 Å². The van der Waals surface area contributed by atoms with Gasteiger partial charge < -0.3 is 14.2 Å². The van der Waals surface area contributed by atoms with Crippen LogP contribution >= 0.6 is 0 Å². The van der Waals surface area contributed by atoms with Crippen molar-refractivity contribution in [2.75, 3.05) is 13.2 Å². The summed E-state index contributed by atoms with van der Waals surface area (Å²) in [5.74, 6) is -1.04. The molecule has 0 saturated heterocycles. The van der Waals surface area contributed by atoms with Crippen molar-refractivity contribution in [3.8, 4) is 0 Å². The van der Waals surface area contributed by atoms with Gasteiger partial charge in [0.15, 0.2) is 6.10 Å². The largest absolute Gasteiger partial charge is 0.462 e. The van der Waals surface area contributed by atoms with Crippen molar-refractivity contribution in [1.82, 2.24) is 0 Å². The molecule has 0 spiro atoms. The first-order valence-electron chi connectivity index (χ1n) is 26.2. The van der Waals surface area contributed by atoms with E-state index in [2.05, 4.69) is 142 Å². The predicted molar refractivity (Wildman–Crippen MR) is 283 cm³/mol. The Bertz CT molecular complexity index is 1460. The van der Waals surface area contributed by atoms with E-state index in [-0.39, 0.29) is 44.0 Å². The smallest absolute Gasteiger partial charge is 0.306 e. The molecule has 0 amide bonds. The van der Waals surface area contributed by atoms with Crippen LogP contribution in [0.3, 0.4) is 0 Å². The molecule has 0 aromatic heterocycles. The van der Waals surface area contributed by atoms with Crippen LogP contribution in [-0.4, -0.2) is 37.2 Å². The molecular formula is C60H94O6. The number of carbonyl (C=O) groups is 3. The molecule has 0 rings (SSSR count). The minimum Gasteiger partial charge on any atom is -0.462 e.